The monoisotopic (exact) mass is 403 g/mol. The lowest BCUT2D eigenvalue weighted by molar-refractivity contribution is -0.143. The normalized spacial score (nSPS) is 11.4. The van der Waals surface area contributed by atoms with E-state index in [2.05, 4.69) is 9.46 Å². The van der Waals surface area contributed by atoms with Crippen LogP contribution in [0.2, 0.25) is 0 Å². The van der Waals surface area contributed by atoms with Crippen LogP contribution < -0.4 is 4.72 Å². The predicted molar refractivity (Wildman–Crippen MR) is 105 cm³/mol. The van der Waals surface area contributed by atoms with Crippen molar-refractivity contribution in [3.8, 4) is 0 Å². The standard InChI is InChI=1S/C20H21NO6S/c1-15-3-5-16(6-4-15)11-12-28(24,25)21-13-19(22)27-14-17-7-9-18(10-8-17)20(23)26-2/h3-12,21H,13-14H2,1-2H3/b12-11+. The summed E-state index contributed by atoms with van der Waals surface area (Å²) in [7, 11) is -2.48. The number of rotatable bonds is 8. The second-order valence-electron chi connectivity index (χ2n) is 5.93. The number of methoxy groups -OCH3 is 1. The first-order valence-electron chi connectivity index (χ1n) is 8.36. The molecule has 0 aromatic heterocycles. The summed E-state index contributed by atoms with van der Waals surface area (Å²) < 4.78 is 35.6. The second-order valence-corrected chi connectivity index (χ2v) is 7.58. The summed E-state index contributed by atoms with van der Waals surface area (Å²) in [6.45, 7) is 1.41. The maximum absolute atomic E-state index is 11.9. The summed E-state index contributed by atoms with van der Waals surface area (Å²) in [6, 6.07) is 13.7. The van der Waals surface area contributed by atoms with Gasteiger partial charge in [0.15, 0.2) is 0 Å². The third-order valence-electron chi connectivity index (χ3n) is 3.71. The molecule has 0 atom stereocenters. The average molecular weight is 403 g/mol. The molecule has 0 heterocycles. The van der Waals surface area contributed by atoms with Crippen molar-refractivity contribution >= 4 is 28.0 Å². The molecule has 0 fully saturated rings. The number of esters is 2. The van der Waals surface area contributed by atoms with Crippen LogP contribution in [0.3, 0.4) is 0 Å². The molecule has 2 aromatic carbocycles. The van der Waals surface area contributed by atoms with E-state index in [1.807, 2.05) is 19.1 Å². The van der Waals surface area contributed by atoms with E-state index in [9.17, 15) is 18.0 Å². The summed E-state index contributed by atoms with van der Waals surface area (Å²) in [5.41, 5.74) is 2.84. The highest BCUT2D eigenvalue weighted by atomic mass is 32.2. The zero-order chi connectivity index (χ0) is 20.6. The molecule has 148 valence electrons. The topological polar surface area (TPSA) is 98.8 Å². The molecule has 0 saturated heterocycles. The Balaban J connectivity index is 1.81. The summed E-state index contributed by atoms with van der Waals surface area (Å²) in [5.74, 6) is -1.18. The van der Waals surface area contributed by atoms with Gasteiger partial charge in [-0.3, -0.25) is 4.79 Å². The van der Waals surface area contributed by atoms with E-state index in [-0.39, 0.29) is 6.61 Å². The van der Waals surface area contributed by atoms with Crippen molar-refractivity contribution in [2.75, 3.05) is 13.7 Å². The second kappa shape index (κ2) is 9.82. The smallest absolute Gasteiger partial charge is 0.337 e. The average Bonchev–Trinajstić information content (AvgIpc) is 2.70. The van der Waals surface area contributed by atoms with E-state index >= 15 is 0 Å². The van der Waals surface area contributed by atoms with Crippen molar-refractivity contribution in [2.45, 2.75) is 13.5 Å². The van der Waals surface area contributed by atoms with Crippen LogP contribution in [0.5, 0.6) is 0 Å². The van der Waals surface area contributed by atoms with Gasteiger partial charge in [-0.1, -0.05) is 42.0 Å². The Bertz CT molecular complexity index is 947. The third-order valence-corrected chi connectivity index (χ3v) is 4.75. The van der Waals surface area contributed by atoms with Crippen LogP contribution in [-0.4, -0.2) is 34.0 Å². The van der Waals surface area contributed by atoms with E-state index in [1.54, 1.807) is 36.4 Å². The Morgan fingerprint density at radius 2 is 1.68 bits per heavy atom. The first-order valence-corrected chi connectivity index (χ1v) is 9.91. The molecule has 0 amide bonds. The van der Waals surface area contributed by atoms with E-state index in [0.29, 0.717) is 11.1 Å². The quantitative estimate of drug-likeness (QED) is 0.680. The number of ether oxygens (including phenoxy) is 2. The van der Waals surface area contributed by atoms with E-state index in [1.165, 1.54) is 13.2 Å². The Hall–Kier alpha value is -2.97. The molecular weight excluding hydrogens is 382 g/mol. The largest absolute Gasteiger partial charge is 0.465 e. The third kappa shape index (κ3) is 6.98. The number of sulfonamides is 1. The maximum atomic E-state index is 11.9. The Morgan fingerprint density at radius 1 is 1.04 bits per heavy atom. The number of hydrogen-bond acceptors (Lipinski definition) is 6. The van der Waals surface area contributed by atoms with E-state index < -0.39 is 28.5 Å². The van der Waals surface area contributed by atoms with Gasteiger partial charge < -0.3 is 9.47 Å². The molecule has 0 bridgehead atoms. The Labute approximate surface area is 164 Å². The van der Waals surface area contributed by atoms with Crippen LogP contribution in [0.4, 0.5) is 0 Å². The molecule has 2 aromatic rings. The fourth-order valence-electron chi connectivity index (χ4n) is 2.12. The van der Waals surface area contributed by atoms with Crippen LogP contribution in [0.15, 0.2) is 53.9 Å². The lowest BCUT2D eigenvalue weighted by Crippen LogP contribution is -2.29. The van der Waals surface area contributed by atoms with E-state index in [0.717, 1.165) is 16.5 Å². The molecule has 1 N–H and O–H groups in total. The highest BCUT2D eigenvalue weighted by molar-refractivity contribution is 7.92. The van der Waals surface area contributed by atoms with Crippen LogP contribution in [-0.2, 0) is 30.9 Å². The van der Waals surface area contributed by atoms with Gasteiger partial charge in [-0.15, -0.1) is 0 Å². The Morgan fingerprint density at radius 3 is 2.29 bits per heavy atom. The lowest BCUT2D eigenvalue weighted by atomic mass is 10.1. The minimum Gasteiger partial charge on any atom is -0.465 e. The van der Waals surface area contributed by atoms with Gasteiger partial charge in [-0.2, -0.15) is 0 Å². The van der Waals surface area contributed by atoms with Gasteiger partial charge >= 0.3 is 11.9 Å². The predicted octanol–water partition coefficient (Wildman–Crippen LogP) is 2.42. The van der Waals surface area contributed by atoms with Gasteiger partial charge in [0.1, 0.15) is 13.2 Å². The molecule has 7 nitrogen and oxygen atoms in total. The molecular formula is C20H21NO6S. The first kappa shape index (κ1) is 21.3. The van der Waals surface area contributed by atoms with Crippen molar-refractivity contribution in [3.63, 3.8) is 0 Å². The molecule has 0 aliphatic heterocycles. The van der Waals surface area contributed by atoms with Gasteiger partial charge in [-0.05, 0) is 36.3 Å². The number of aryl methyl sites for hydroxylation is 1. The van der Waals surface area contributed by atoms with Crippen LogP contribution >= 0.6 is 0 Å². The molecule has 2 rings (SSSR count). The SMILES string of the molecule is COC(=O)c1ccc(COC(=O)CNS(=O)(=O)/C=C/c2ccc(C)cc2)cc1. The Kier molecular flexibility index (Phi) is 7.48. The minimum atomic E-state index is -3.77. The van der Waals surface area contributed by atoms with Crippen molar-refractivity contribution in [1.29, 1.82) is 0 Å². The molecule has 8 heteroatoms. The zero-order valence-corrected chi connectivity index (χ0v) is 16.4. The molecule has 0 saturated carbocycles. The molecule has 0 aliphatic rings. The lowest BCUT2D eigenvalue weighted by Gasteiger charge is -2.06. The van der Waals surface area contributed by atoms with Crippen molar-refractivity contribution in [3.05, 3.63) is 76.2 Å². The molecule has 28 heavy (non-hydrogen) atoms. The highest BCUT2D eigenvalue weighted by Gasteiger charge is 2.10. The molecule has 0 unspecified atom stereocenters. The molecule has 0 spiro atoms. The van der Waals surface area contributed by atoms with Gasteiger partial charge in [0, 0.05) is 5.41 Å². The summed E-state index contributed by atoms with van der Waals surface area (Å²) in [6.07, 6.45) is 1.44. The summed E-state index contributed by atoms with van der Waals surface area (Å²) in [5, 5.41) is 0.997. The van der Waals surface area contributed by atoms with Gasteiger partial charge in [0.2, 0.25) is 10.0 Å². The van der Waals surface area contributed by atoms with Gasteiger partial charge in [-0.25, -0.2) is 17.9 Å². The maximum Gasteiger partial charge on any atom is 0.337 e. The number of benzene rings is 2. The number of nitrogens with one attached hydrogen (secondary N) is 1. The number of carbonyl (C=O) groups excluding carboxylic acids is 2. The van der Waals surface area contributed by atoms with E-state index in [4.69, 9.17) is 4.74 Å². The fourth-order valence-corrected chi connectivity index (χ4v) is 2.87. The zero-order valence-electron chi connectivity index (χ0n) is 15.5. The summed E-state index contributed by atoms with van der Waals surface area (Å²) >= 11 is 0. The van der Waals surface area contributed by atoms with Crippen LogP contribution in [0.1, 0.15) is 27.0 Å². The number of carbonyl (C=O) groups is 2. The number of hydrogen-bond donors (Lipinski definition) is 1. The van der Waals surface area contributed by atoms with Crippen LogP contribution in [0, 0.1) is 6.92 Å². The first-order chi connectivity index (χ1) is 13.3. The van der Waals surface area contributed by atoms with Crippen molar-refractivity contribution in [2.24, 2.45) is 0 Å². The van der Waals surface area contributed by atoms with Gasteiger partial charge in [0.05, 0.1) is 12.7 Å². The van der Waals surface area contributed by atoms with Crippen molar-refractivity contribution < 1.29 is 27.5 Å². The molecule has 0 radical (unpaired) electrons. The van der Waals surface area contributed by atoms with Crippen molar-refractivity contribution in [1.82, 2.24) is 4.72 Å². The summed E-state index contributed by atoms with van der Waals surface area (Å²) in [4.78, 5) is 23.1. The fraction of sp³-hybridized carbons (Fsp3) is 0.200. The highest BCUT2D eigenvalue weighted by Crippen LogP contribution is 2.08. The van der Waals surface area contributed by atoms with Gasteiger partial charge in [0.25, 0.3) is 0 Å². The molecule has 0 aliphatic carbocycles. The minimum absolute atomic E-state index is 0.0405. The van der Waals surface area contributed by atoms with Crippen LogP contribution in [0.25, 0.3) is 6.08 Å².